The number of nitrogen functional groups attached to an aromatic ring is 1. The predicted octanol–water partition coefficient (Wildman–Crippen LogP) is 3.40. The first-order valence-electron chi connectivity index (χ1n) is 6.66. The van der Waals surface area contributed by atoms with Crippen molar-refractivity contribution in [1.82, 2.24) is 4.98 Å². The van der Waals surface area contributed by atoms with Crippen LogP contribution in [0.15, 0.2) is 42.3 Å². The largest absolute Gasteiger partial charge is 0.384 e. The Kier molecular flexibility index (Phi) is 5.40. The third-order valence-electron chi connectivity index (χ3n) is 3.15. The number of fused-ring (bicyclic) bond motifs is 1. The molecule has 2 aromatic rings. The van der Waals surface area contributed by atoms with Crippen LogP contribution in [0, 0.1) is 11.2 Å². The van der Waals surface area contributed by atoms with Crippen molar-refractivity contribution < 1.29 is 19.2 Å². The van der Waals surface area contributed by atoms with Gasteiger partial charge >= 0.3 is 0 Å². The molecule has 2 rings (SSSR count). The molecule has 0 spiro atoms. The van der Waals surface area contributed by atoms with Gasteiger partial charge < -0.3 is 16.0 Å². The average Bonchev–Trinajstić information content (AvgIpc) is 2.52. The quantitative estimate of drug-likeness (QED) is 0.213. The molecule has 0 aliphatic carbocycles. The van der Waals surface area contributed by atoms with Crippen molar-refractivity contribution in [3.05, 3.63) is 53.7 Å². The van der Waals surface area contributed by atoms with E-state index in [2.05, 4.69) is 14.9 Å². The summed E-state index contributed by atoms with van der Waals surface area (Å²) in [5, 5.41) is 12.9. The third kappa shape index (κ3) is 3.91. The van der Waals surface area contributed by atoms with Gasteiger partial charge in [-0.3, -0.25) is 0 Å². The highest BCUT2D eigenvalue weighted by Gasteiger charge is 2.13. The van der Waals surface area contributed by atoms with Gasteiger partial charge in [-0.15, -0.1) is 0 Å². The number of benzene rings is 1. The van der Waals surface area contributed by atoms with Crippen molar-refractivity contribution in [3.8, 4) is 0 Å². The van der Waals surface area contributed by atoms with E-state index in [0.717, 1.165) is 11.6 Å². The molecular weight excluding hydrogens is 301 g/mol. The second kappa shape index (κ2) is 7.48. The number of nitrogens with zero attached hydrogens (tertiary/aromatic N) is 1. The second-order valence-corrected chi connectivity index (χ2v) is 4.67. The van der Waals surface area contributed by atoms with Crippen LogP contribution < -0.4 is 5.73 Å². The van der Waals surface area contributed by atoms with Gasteiger partial charge in [-0.2, -0.15) is 4.89 Å². The van der Waals surface area contributed by atoms with E-state index in [4.69, 9.17) is 16.0 Å². The molecule has 23 heavy (non-hydrogen) atoms. The van der Waals surface area contributed by atoms with Crippen LogP contribution in [0.5, 0.6) is 0 Å². The maximum Gasteiger partial charge on any atom is 0.141 e. The topological polar surface area (TPSA) is 90.5 Å². The fraction of sp³-hybridized carbons (Fsp3) is 0.125. The van der Waals surface area contributed by atoms with Crippen LogP contribution >= 0.6 is 0 Å². The maximum absolute atomic E-state index is 14.5. The Hall–Kier alpha value is -2.77. The second-order valence-electron chi connectivity index (χ2n) is 4.67. The van der Waals surface area contributed by atoms with Crippen molar-refractivity contribution in [1.29, 1.82) is 5.41 Å². The van der Waals surface area contributed by atoms with Crippen LogP contribution in [0.25, 0.3) is 16.3 Å². The van der Waals surface area contributed by atoms with Crippen molar-refractivity contribution in [2.45, 2.75) is 6.92 Å². The molecule has 0 radical (unpaired) electrons. The van der Waals surface area contributed by atoms with Gasteiger partial charge in [-0.1, -0.05) is 0 Å². The van der Waals surface area contributed by atoms with E-state index in [1.807, 2.05) is 0 Å². The highest BCUT2D eigenvalue weighted by Crippen LogP contribution is 2.29. The molecule has 3 N–H and O–H groups in total. The van der Waals surface area contributed by atoms with E-state index in [9.17, 15) is 4.39 Å². The smallest absolute Gasteiger partial charge is 0.141 e. The molecule has 0 atom stereocenters. The van der Waals surface area contributed by atoms with Gasteiger partial charge in [0.05, 0.1) is 7.11 Å². The van der Waals surface area contributed by atoms with Crippen LogP contribution in [0.3, 0.4) is 0 Å². The molecule has 1 aromatic carbocycles. The number of hydrogen-bond acceptors (Lipinski definition) is 6. The molecule has 0 aliphatic rings. The van der Waals surface area contributed by atoms with Crippen LogP contribution in [-0.4, -0.2) is 18.3 Å². The number of pyridine rings is 1. The number of nitrogens with one attached hydrogen (secondary N) is 1. The highest BCUT2D eigenvalue weighted by molar-refractivity contribution is 5.91. The minimum Gasteiger partial charge on any atom is -0.384 e. The van der Waals surface area contributed by atoms with Gasteiger partial charge in [0.25, 0.3) is 0 Å². The van der Waals surface area contributed by atoms with Crippen molar-refractivity contribution in [2.75, 3.05) is 12.8 Å². The monoisotopic (exact) mass is 317 g/mol. The van der Waals surface area contributed by atoms with Crippen molar-refractivity contribution >= 4 is 28.4 Å². The Labute approximate surface area is 132 Å². The zero-order valence-electron chi connectivity index (χ0n) is 12.7. The summed E-state index contributed by atoms with van der Waals surface area (Å²) in [4.78, 5) is 13.0. The molecule has 0 aliphatic heterocycles. The van der Waals surface area contributed by atoms with Crippen molar-refractivity contribution in [3.63, 3.8) is 0 Å². The van der Waals surface area contributed by atoms with Crippen LogP contribution in [-0.2, 0) is 14.8 Å². The number of nitrogens with two attached hydrogens (primary N) is 1. The minimum absolute atomic E-state index is 0.276. The lowest BCUT2D eigenvalue weighted by Gasteiger charge is -2.11. The van der Waals surface area contributed by atoms with E-state index in [1.54, 1.807) is 19.1 Å². The molecule has 0 saturated carbocycles. The van der Waals surface area contributed by atoms with Gasteiger partial charge in [0.15, 0.2) is 0 Å². The fourth-order valence-electron chi connectivity index (χ4n) is 2.08. The third-order valence-corrected chi connectivity index (χ3v) is 3.15. The van der Waals surface area contributed by atoms with Gasteiger partial charge in [0.1, 0.15) is 17.9 Å². The predicted molar refractivity (Wildman–Crippen MR) is 85.8 cm³/mol. The first-order chi connectivity index (χ1) is 11.1. The van der Waals surface area contributed by atoms with Crippen LogP contribution in [0.2, 0.25) is 0 Å². The van der Waals surface area contributed by atoms with Gasteiger partial charge in [-0.25, -0.2) is 9.37 Å². The number of hydrogen-bond donors (Lipinski definition) is 2. The maximum atomic E-state index is 14.5. The number of anilines is 1. The molecule has 120 valence electrons. The number of aromatic nitrogens is 1. The van der Waals surface area contributed by atoms with Crippen LogP contribution in [0.1, 0.15) is 12.5 Å². The standard InChI is InChI=1S/C16H16FN3O3/c1-10(3-4-18)14(9-22-23-21-2)13-5-11-7-16(19)20-8-12(11)6-15(13)17/h3-9,18H,1-2H3,(H2,19,20)/b10-3-,14-9+,18-4?. The van der Waals surface area contributed by atoms with Gasteiger partial charge in [-0.05, 0) is 47.2 Å². The summed E-state index contributed by atoms with van der Waals surface area (Å²) in [7, 11) is 1.28. The molecule has 7 heteroatoms. The number of rotatable bonds is 6. The van der Waals surface area contributed by atoms with E-state index in [-0.39, 0.29) is 5.56 Å². The molecular formula is C16H16FN3O3. The van der Waals surface area contributed by atoms with Gasteiger partial charge in [0.2, 0.25) is 0 Å². The molecule has 0 fully saturated rings. The summed E-state index contributed by atoms with van der Waals surface area (Å²) in [6, 6.07) is 4.64. The van der Waals surface area contributed by atoms with Gasteiger partial charge in [0, 0.05) is 28.9 Å². The first-order valence-corrected chi connectivity index (χ1v) is 6.66. The highest BCUT2D eigenvalue weighted by atomic mass is 19.1. The van der Waals surface area contributed by atoms with E-state index >= 15 is 0 Å². The molecule has 0 saturated heterocycles. The molecule has 0 bridgehead atoms. The average molecular weight is 317 g/mol. The lowest BCUT2D eigenvalue weighted by atomic mass is 9.97. The van der Waals surface area contributed by atoms with Crippen LogP contribution in [0.4, 0.5) is 10.2 Å². The molecule has 1 aromatic heterocycles. The number of allylic oxidation sites excluding steroid dienone is 3. The Balaban J connectivity index is 2.59. The summed E-state index contributed by atoms with van der Waals surface area (Å²) in [6.45, 7) is 1.72. The molecule has 0 unspecified atom stereocenters. The first kappa shape index (κ1) is 16.6. The molecule has 0 amide bonds. The minimum atomic E-state index is -0.464. The Morgan fingerprint density at radius 1 is 1.30 bits per heavy atom. The van der Waals surface area contributed by atoms with E-state index < -0.39 is 5.82 Å². The zero-order valence-corrected chi connectivity index (χ0v) is 12.7. The summed E-state index contributed by atoms with van der Waals surface area (Å²) >= 11 is 0. The Morgan fingerprint density at radius 3 is 2.78 bits per heavy atom. The summed E-state index contributed by atoms with van der Waals surface area (Å²) in [5.41, 5.74) is 6.96. The molecule has 6 nitrogen and oxygen atoms in total. The normalized spacial score (nSPS) is 12.5. The lowest BCUT2D eigenvalue weighted by Crippen LogP contribution is -1.96. The van der Waals surface area contributed by atoms with Crippen molar-refractivity contribution in [2.24, 2.45) is 0 Å². The summed E-state index contributed by atoms with van der Waals surface area (Å²) < 4.78 is 14.5. The van der Waals surface area contributed by atoms with E-state index in [1.165, 1.54) is 31.7 Å². The number of halogens is 1. The molecule has 1 heterocycles. The van der Waals surface area contributed by atoms with E-state index in [0.29, 0.717) is 22.4 Å². The Morgan fingerprint density at radius 2 is 2.09 bits per heavy atom. The summed E-state index contributed by atoms with van der Waals surface area (Å²) in [6.07, 6.45) is 5.31. The lowest BCUT2D eigenvalue weighted by molar-refractivity contribution is -0.478. The zero-order chi connectivity index (χ0) is 16.8. The Bertz CT molecular complexity index is 787. The fourth-order valence-corrected chi connectivity index (χ4v) is 2.08. The summed E-state index contributed by atoms with van der Waals surface area (Å²) in [5.74, 6) is -0.125. The SMILES string of the molecule is COOO/C=C(\C(C)=C/C=N)c1cc2cc(N)ncc2cc1F.